The van der Waals surface area contributed by atoms with Crippen LogP contribution < -0.4 is 0 Å². The Balaban J connectivity index is 0.00000100. The monoisotopic (exact) mass is 759 g/mol. The summed E-state index contributed by atoms with van der Waals surface area (Å²) in [4.78, 5) is 34.6. The maximum atomic E-state index is 14.6. The number of halogens is 1. The molecule has 2 aromatic rings. The molecule has 0 bridgehead atoms. The highest BCUT2D eigenvalue weighted by molar-refractivity contribution is 9.10. The van der Waals surface area contributed by atoms with Crippen molar-refractivity contribution in [1.29, 1.82) is 0 Å². The number of nitrogens with zero attached hydrogens (tertiary/aromatic N) is 3. The molecule has 1 heterocycles. The zero-order valence-electron chi connectivity index (χ0n) is 33.6. The number of benzene rings is 2. The Hall–Kier alpha value is -3.25. The van der Waals surface area contributed by atoms with Crippen molar-refractivity contribution in [3.63, 3.8) is 0 Å². The summed E-state index contributed by atoms with van der Waals surface area (Å²) < 4.78 is 0.972. The second-order valence-electron chi connectivity index (χ2n) is 14.4. The van der Waals surface area contributed by atoms with Gasteiger partial charge >= 0.3 is 0 Å². The predicted molar refractivity (Wildman–Crippen MR) is 224 cm³/mol. The van der Waals surface area contributed by atoms with Crippen LogP contribution in [-0.4, -0.2) is 46.8 Å². The van der Waals surface area contributed by atoms with Crippen LogP contribution in [0.15, 0.2) is 76.4 Å². The third-order valence-electron chi connectivity index (χ3n) is 10.5. The van der Waals surface area contributed by atoms with E-state index in [9.17, 15) is 9.59 Å². The Labute approximate surface area is 319 Å². The first-order valence-corrected chi connectivity index (χ1v) is 20.1. The number of aliphatic imine (C=N–C) groups is 1. The quantitative estimate of drug-likeness (QED) is 0.134. The molecule has 0 saturated carbocycles. The van der Waals surface area contributed by atoms with Gasteiger partial charge in [-0.15, -0.1) is 0 Å². The van der Waals surface area contributed by atoms with E-state index in [2.05, 4.69) is 119 Å². The molecule has 280 valence electrons. The lowest BCUT2D eigenvalue weighted by molar-refractivity contribution is -0.117. The lowest BCUT2D eigenvalue weighted by atomic mass is 9.87. The number of rotatable bonds is 15. The van der Waals surface area contributed by atoms with Gasteiger partial charge in [-0.3, -0.25) is 14.6 Å². The molecule has 0 spiro atoms. The summed E-state index contributed by atoms with van der Waals surface area (Å²) in [6.45, 7) is 33.2. The first-order chi connectivity index (χ1) is 24.2. The third kappa shape index (κ3) is 11.4. The zero-order chi connectivity index (χ0) is 38.4. The summed E-state index contributed by atoms with van der Waals surface area (Å²) in [7, 11) is 0. The largest absolute Gasteiger partial charge is 0.341 e. The number of hydrogen-bond donors (Lipinski definition) is 0. The Morgan fingerprint density at radius 2 is 1.55 bits per heavy atom. The molecule has 2 aromatic carbocycles. The Bertz CT molecular complexity index is 1540. The third-order valence-corrected chi connectivity index (χ3v) is 11.3. The molecule has 5 nitrogen and oxygen atoms in total. The summed E-state index contributed by atoms with van der Waals surface area (Å²) >= 11 is 3.68. The average molecular weight is 761 g/mol. The van der Waals surface area contributed by atoms with Crippen LogP contribution in [0.5, 0.6) is 0 Å². The number of allylic oxidation sites excluding steroid dienone is 2. The minimum Gasteiger partial charge on any atom is -0.341 e. The van der Waals surface area contributed by atoms with Gasteiger partial charge in [0, 0.05) is 41.1 Å². The maximum absolute atomic E-state index is 14.6. The van der Waals surface area contributed by atoms with Gasteiger partial charge in [0.1, 0.15) is 0 Å². The van der Waals surface area contributed by atoms with Crippen molar-refractivity contribution in [2.24, 2.45) is 22.7 Å². The van der Waals surface area contributed by atoms with Crippen molar-refractivity contribution in [3.8, 4) is 0 Å². The SMILES string of the molecule is C=C(c1ccc(C(C)C)cc1)N1CCN(C(=O)c2ccc(Br)c(C)c2N=CC(C)CC)C(CC)/C1=C(\CCC)C(C)CC.C=CC(=O)C(C)CC. The van der Waals surface area contributed by atoms with Gasteiger partial charge in [0.2, 0.25) is 0 Å². The van der Waals surface area contributed by atoms with Gasteiger partial charge < -0.3 is 9.80 Å². The second-order valence-corrected chi connectivity index (χ2v) is 15.3. The molecule has 51 heavy (non-hydrogen) atoms. The fraction of sp³-hybridized carbons (Fsp3) is 0.533. The first-order valence-electron chi connectivity index (χ1n) is 19.3. The molecule has 4 atom stereocenters. The molecule has 0 radical (unpaired) electrons. The Morgan fingerprint density at radius 1 is 0.922 bits per heavy atom. The van der Waals surface area contributed by atoms with E-state index in [-0.39, 0.29) is 23.7 Å². The van der Waals surface area contributed by atoms with Crippen LogP contribution >= 0.6 is 15.9 Å². The number of carbonyl (C=O) groups excluding carboxylic acids is 2. The topological polar surface area (TPSA) is 53.0 Å². The standard InChI is InChI=1S/C38H54BrN3O.C7H12O/c1-11-15-32(27(8)13-3)37-35(14-4)42(23-22-41(37)29(10)31-18-16-30(17-19-31)25(5)6)38(43)33-20-21-34(39)28(9)36(33)40-24-26(7)12-2;1-4-6(3)7(8)5-2/h16-21,24-27,35H,10-15,22-23H2,1-9H3;5-6H,2,4H2,1,3H3/b37-32-,40-24?;. The second kappa shape index (κ2) is 21.3. The van der Waals surface area contributed by atoms with Crippen LogP contribution in [0.3, 0.4) is 0 Å². The summed E-state index contributed by atoms with van der Waals surface area (Å²) in [5, 5.41) is 0. The minimum atomic E-state index is -0.0427. The summed E-state index contributed by atoms with van der Waals surface area (Å²) in [6.07, 6.45) is 9.27. The fourth-order valence-corrected chi connectivity index (χ4v) is 6.69. The molecule has 0 N–H and O–H groups in total. The van der Waals surface area contributed by atoms with Gasteiger partial charge in [-0.1, -0.05) is 129 Å². The van der Waals surface area contributed by atoms with Crippen molar-refractivity contribution in [2.45, 2.75) is 127 Å². The van der Waals surface area contributed by atoms with Crippen LogP contribution in [0, 0.1) is 24.7 Å². The predicted octanol–water partition coefficient (Wildman–Crippen LogP) is 12.7. The van der Waals surface area contributed by atoms with Gasteiger partial charge in [-0.05, 0) is 97.3 Å². The van der Waals surface area contributed by atoms with Crippen molar-refractivity contribution in [1.82, 2.24) is 9.80 Å². The Morgan fingerprint density at radius 3 is 2.04 bits per heavy atom. The van der Waals surface area contributed by atoms with Crippen molar-refractivity contribution in [3.05, 3.63) is 93.6 Å². The highest BCUT2D eigenvalue weighted by Crippen LogP contribution is 2.39. The van der Waals surface area contributed by atoms with Crippen LogP contribution in [0.1, 0.15) is 141 Å². The van der Waals surface area contributed by atoms with Crippen LogP contribution in [0.4, 0.5) is 5.69 Å². The smallest absolute Gasteiger partial charge is 0.256 e. The molecule has 0 aliphatic carbocycles. The Kier molecular flexibility index (Phi) is 18.4. The number of piperazine rings is 1. The average Bonchev–Trinajstić information content (AvgIpc) is 3.15. The lowest BCUT2D eigenvalue weighted by Gasteiger charge is -2.47. The zero-order valence-corrected chi connectivity index (χ0v) is 35.2. The number of amides is 1. The van der Waals surface area contributed by atoms with Crippen molar-refractivity contribution < 1.29 is 9.59 Å². The molecular formula is C45H66BrN3O2. The van der Waals surface area contributed by atoms with Gasteiger partial charge in [0.05, 0.1) is 17.3 Å². The van der Waals surface area contributed by atoms with Gasteiger partial charge in [-0.25, -0.2) is 0 Å². The molecule has 4 unspecified atom stereocenters. The van der Waals surface area contributed by atoms with E-state index in [1.165, 1.54) is 22.9 Å². The maximum Gasteiger partial charge on any atom is 0.256 e. The summed E-state index contributed by atoms with van der Waals surface area (Å²) in [5.41, 5.74) is 8.66. The number of hydrogen-bond acceptors (Lipinski definition) is 4. The van der Waals surface area contributed by atoms with Crippen LogP contribution in [-0.2, 0) is 4.79 Å². The van der Waals surface area contributed by atoms with E-state index >= 15 is 0 Å². The first kappa shape index (κ1) is 43.9. The van der Waals surface area contributed by atoms with E-state index in [0.717, 1.165) is 65.5 Å². The molecule has 0 aromatic heterocycles. The van der Waals surface area contributed by atoms with E-state index in [0.29, 0.717) is 36.4 Å². The highest BCUT2D eigenvalue weighted by Gasteiger charge is 2.38. The van der Waals surface area contributed by atoms with Crippen LogP contribution in [0.2, 0.25) is 0 Å². The van der Waals surface area contributed by atoms with Crippen molar-refractivity contribution in [2.75, 3.05) is 13.1 Å². The molecule has 1 aliphatic rings. The fourth-order valence-electron chi connectivity index (χ4n) is 6.37. The van der Waals surface area contributed by atoms with E-state index in [1.807, 2.05) is 39.1 Å². The normalized spacial score (nSPS) is 17.5. The summed E-state index contributed by atoms with van der Waals surface area (Å²) in [5.74, 6) is 1.61. The van der Waals surface area contributed by atoms with E-state index < -0.39 is 0 Å². The summed E-state index contributed by atoms with van der Waals surface area (Å²) in [6, 6.07) is 12.8. The molecule has 1 amide bonds. The lowest BCUT2D eigenvalue weighted by Crippen LogP contribution is -2.53. The number of ketones is 1. The molecule has 1 saturated heterocycles. The highest BCUT2D eigenvalue weighted by atomic mass is 79.9. The van der Waals surface area contributed by atoms with Gasteiger partial charge in [-0.2, -0.15) is 0 Å². The molecule has 1 aliphatic heterocycles. The minimum absolute atomic E-state index is 0.0427. The van der Waals surface area contributed by atoms with Crippen molar-refractivity contribution >= 4 is 45.2 Å². The van der Waals surface area contributed by atoms with E-state index in [4.69, 9.17) is 4.99 Å². The number of carbonyl (C=O) groups is 2. The van der Waals surface area contributed by atoms with Crippen LogP contribution in [0.25, 0.3) is 5.70 Å². The molecule has 3 rings (SSSR count). The van der Waals surface area contributed by atoms with E-state index in [1.54, 1.807) is 0 Å². The molecule has 6 heteroatoms. The molecule has 1 fully saturated rings. The molecular weight excluding hydrogens is 694 g/mol. The van der Waals surface area contributed by atoms with Gasteiger partial charge in [0.15, 0.2) is 5.78 Å². The van der Waals surface area contributed by atoms with Gasteiger partial charge in [0.25, 0.3) is 5.91 Å².